The maximum Gasteiger partial charge on any atom is 0.433 e. The van der Waals surface area contributed by atoms with E-state index < -0.39 is 11.9 Å². The molecule has 0 aromatic heterocycles. The van der Waals surface area contributed by atoms with Crippen molar-refractivity contribution in [1.82, 2.24) is 0 Å². The molecule has 0 aliphatic rings. The van der Waals surface area contributed by atoms with Crippen molar-refractivity contribution in [2.75, 3.05) is 0 Å². The Bertz CT molecular complexity index is 404. The summed E-state index contributed by atoms with van der Waals surface area (Å²) in [6.07, 6.45) is 2.02. The van der Waals surface area contributed by atoms with Crippen LogP contribution in [0.4, 0.5) is 13.2 Å². The molecule has 0 atom stereocenters. The summed E-state index contributed by atoms with van der Waals surface area (Å²) in [7, 11) is 1.68. The number of halogens is 3. The highest BCUT2D eigenvalue weighted by Gasteiger charge is 2.36. The van der Waals surface area contributed by atoms with Gasteiger partial charge in [-0.3, -0.25) is 5.41 Å². The largest absolute Gasteiger partial charge is 0.433 e. The van der Waals surface area contributed by atoms with E-state index in [1.54, 1.807) is 20.2 Å². The van der Waals surface area contributed by atoms with E-state index in [-0.39, 0.29) is 11.3 Å². The summed E-state index contributed by atoms with van der Waals surface area (Å²) >= 11 is 0. The molecule has 0 unspecified atom stereocenters. The zero-order valence-electron chi connectivity index (χ0n) is 13.4. The van der Waals surface area contributed by atoms with E-state index in [9.17, 15) is 13.2 Å². The van der Waals surface area contributed by atoms with E-state index in [1.807, 2.05) is 26.8 Å². The molecule has 0 saturated carbocycles. The second kappa shape index (κ2) is 11.2. The Morgan fingerprint density at radius 2 is 1.81 bits per heavy atom. The molecule has 3 N–H and O–H groups in total. The molecule has 0 heterocycles. The number of alkyl halides is 3. The van der Waals surface area contributed by atoms with Crippen LogP contribution in [0, 0.1) is 5.41 Å². The van der Waals surface area contributed by atoms with Crippen molar-refractivity contribution < 1.29 is 13.2 Å². The van der Waals surface area contributed by atoms with Gasteiger partial charge in [0.15, 0.2) is 0 Å². The molecule has 0 aliphatic carbocycles. The average Bonchev–Trinajstić information content (AvgIpc) is 2.42. The number of hydrogen-bond donors (Lipinski definition) is 2. The topological polar surface area (TPSA) is 49.9 Å². The first-order valence-electron chi connectivity index (χ1n) is 7.04. The fourth-order valence-corrected chi connectivity index (χ4v) is 1.32. The highest BCUT2D eigenvalue weighted by atomic mass is 19.4. The third-order valence-electron chi connectivity index (χ3n) is 2.39. The summed E-state index contributed by atoms with van der Waals surface area (Å²) in [6, 6.07) is 0. The van der Waals surface area contributed by atoms with Crippen molar-refractivity contribution in [2.45, 2.75) is 53.5 Å². The van der Waals surface area contributed by atoms with Crippen LogP contribution in [-0.2, 0) is 0 Å². The predicted molar refractivity (Wildman–Crippen MR) is 85.8 cm³/mol. The average molecular weight is 301 g/mol. The number of unbranched alkanes of at least 4 members (excludes halogenated alkanes) is 1. The lowest BCUT2D eigenvalue weighted by Crippen LogP contribution is -2.25. The molecule has 119 valence electrons. The Kier molecular flexibility index (Phi) is 11.7. The molecule has 21 heavy (non-hydrogen) atoms. The SMILES string of the molecule is CC.C[B]C(=C/C(C(=N)C(F)(F)F)=C(\C)N)/C=C/CCC. The summed E-state index contributed by atoms with van der Waals surface area (Å²) in [4.78, 5) is 0. The van der Waals surface area contributed by atoms with Crippen LogP contribution < -0.4 is 5.73 Å². The summed E-state index contributed by atoms with van der Waals surface area (Å²) in [5.74, 6) is 0. The second-order valence-electron chi connectivity index (χ2n) is 4.09. The third-order valence-corrected chi connectivity index (χ3v) is 2.39. The van der Waals surface area contributed by atoms with E-state index in [2.05, 4.69) is 0 Å². The predicted octanol–water partition coefficient (Wildman–Crippen LogP) is 4.82. The molecule has 0 saturated heterocycles. The minimum atomic E-state index is -4.70. The van der Waals surface area contributed by atoms with Gasteiger partial charge in [-0.15, -0.1) is 0 Å². The Hall–Kier alpha value is -1.46. The standard InChI is InChI=1S/C13H19BF3N2.C2H6/c1-4-5-6-7-10(14-3)8-11(9(2)18)12(19)13(15,16)17;1-2/h6-8,19H,4-5,18H2,1-3H3;1-2H3/b7-6+,10-8+,11-9-,19-12?;. The van der Waals surface area contributed by atoms with Crippen LogP contribution in [0.5, 0.6) is 0 Å². The van der Waals surface area contributed by atoms with Gasteiger partial charge in [-0.1, -0.05) is 57.7 Å². The van der Waals surface area contributed by atoms with Crippen LogP contribution >= 0.6 is 0 Å². The molecule has 0 bridgehead atoms. The van der Waals surface area contributed by atoms with Crippen molar-refractivity contribution in [3.8, 4) is 0 Å². The third kappa shape index (κ3) is 9.16. The minimum Gasteiger partial charge on any atom is -0.402 e. The summed E-state index contributed by atoms with van der Waals surface area (Å²) in [5, 5.41) is 7.16. The molecule has 2 nitrogen and oxygen atoms in total. The van der Waals surface area contributed by atoms with Gasteiger partial charge in [0.25, 0.3) is 0 Å². The smallest absolute Gasteiger partial charge is 0.402 e. The molecule has 0 aromatic rings. The number of rotatable bonds is 6. The highest BCUT2D eigenvalue weighted by molar-refractivity contribution is 6.45. The molecule has 0 aromatic carbocycles. The van der Waals surface area contributed by atoms with E-state index in [0.29, 0.717) is 5.47 Å². The summed E-state index contributed by atoms with van der Waals surface area (Å²) in [5.41, 5.74) is 4.31. The number of nitrogens with one attached hydrogen (secondary N) is 1. The van der Waals surface area contributed by atoms with Gasteiger partial charge in [-0.25, -0.2) is 0 Å². The highest BCUT2D eigenvalue weighted by Crippen LogP contribution is 2.23. The van der Waals surface area contributed by atoms with Crippen LogP contribution in [0.1, 0.15) is 40.5 Å². The van der Waals surface area contributed by atoms with Gasteiger partial charge in [-0.2, -0.15) is 13.2 Å². The fourth-order valence-electron chi connectivity index (χ4n) is 1.32. The van der Waals surface area contributed by atoms with E-state index in [1.165, 1.54) is 13.0 Å². The molecule has 1 radical (unpaired) electrons. The Morgan fingerprint density at radius 3 is 2.14 bits per heavy atom. The monoisotopic (exact) mass is 301 g/mol. The van der Waals surface area contributed by atoms with Crippen LogP contribution in [0.3, 0.4) is 0 Å². The first-order chi connectivity index (χ1) is 9.73. The van der Waals surface area contributed by atoms with Crippen molar-refractivity contribution in [1.29, 1.82) is 5.41 Å². The van der Waals surface area contributed by atoms with Gasteiger partial charge in [0, 0.05) is 11.3 Å². The van der Waals surface area contributed by atoms with Crippen LogP contribution in [0.25, 0.3) is 0 Å². The van der Waals surface area contributed by atoms with Crippen molar-refractivity contribution >= 4 is 13.0 Å². The van der Waals surface area contributed by atoms with Crippen LogP contribution in [0.15, 0.2) is 35.0 Å². The van der Waals surface area contributed by atoms with Crippen LogP contribution in [0.2, 0.25) is 6.82 Å². The van der Waals surface area contributed by atoms with Crippen molar-refractivity contribution in [3.05, 3.63) is 35.0 Å². The molecular weight excluding hydrogens is 276 g/mol. The first-order valence-corrected chi connectivity index (χ1v) is 7.04. The molecule has 6 heteroatoms. The lowest BCUT2D eigenvalue weighted by molar-refractivity contribution is -0.0588. The van der Waals surface area contributed by atoms with E-state index >= 15 is 0 Å². The normalized spacial score (nSPS) is 13.4. The fraction of sp³-hybridized carbons (Fsp3) is 0.533. The Labute approximate surface area is 126 Å². The van der Waals surface area contributed by atoms with Gasteiger partial charge < -0.3 is 5.73 Å². The van der Waals surface area contributed by atoms with Gasteiger partial charge >= 0.3 is 6.18 Å². The number of hydrogen-bond acceptors (Lipinski definition) is 2. The van der Waals surface area contributed by atoms with E-state index in [4.69, 9.17) is 11.1 Å². The minimum absolute atomic E-state index is 0.0226. The summed E-state index contributed by atoms with van der Waals surface area (Å²) < 4.78 is 37.6. The van der Waals surface area contributed by atoms with Crippen molar-refractivity contribution in [3.63, 3.8) is 0 Å². The van der Waals surface area contributed by atoms with Crippen molar-refractivity contribution in [2.24, 2.45) is 5.73 Å². The molecular formula is C15H25BF3N2. The molecule has 0 rings (SSSR count). The lowest BCUT2D eigenvalue weighted by Gasteiger charge is -2.12. The Morgan fingerprint density at radius 1 is 1.29 bits per heavy atom. The van der Waals surface area contributed by atoms with Crippen LogP contribution in [-0.4, -0.2) is 19.2 Å². The zero-order valence-corrected chi connectivity index (χ0v) is 13.4. The zero-order chi connectivity index (χ0) is 17.1. The number of nitrogens with two attached hydrogens (primary N) is 1. The second-order valence-corrected chi connectivity index (χ2v) is 4.09. The van der Waals surface area contributed by atoms with Gasteiger partial charge in [0.05, 0.1) is 0 Å². The lowest BCUT2D eigenvalue weighted by atomic mass is 9.71. The molecule has 0 fully saturated rings. The Balaban J connectivity index is 0. The molecule has 0 amide bonds. The number of allylic oxidation sites excluding steroid dienone is 6. The molecule has 0 spiro atoms. The molecule has 0 aliphatic heterocycles. The van der Waals surface area contributed by atoms with Gasteiger partial charge in [-0.05, 0) is 13.3 Å². The van der Waals surface area contributed by atoms with E-state index in [0.717, 1.165) is 12.8 Å². The summed E-state index contributed by atoms with van der Waals surface area (Å²) in [6.45, 7) is 9.09. The quantitative estimate of drug-likeness (QED) is 0.412. The maximum absolute atomic E-state index is 12.5. The van der Waals surface area contributed by atoms with Gasteiger partial charge in [0.1, 0.15) is 13.0 Å². The first kappa shape index (κ1) is 21.8. The van der Waals surface area contributed by atoms with Gasteiger partial charge in [0.2, 0.25) is 0 Å². The maximum atomic E-state index is 12.5.